The Bertz CT molecular complexity index is 808. The lowest BCUT2D eigenvalue weighted by atomic mass is 10.1. The van der Waals surface area contributed by atoms with Gasteiger partial charge in [-0.05, 0) is 30.3 Å². The molecule has 6 heteroatoms. The van der Waals surface area contributed by atoms with E-state index < -0.39 is 17.6 Å². The Labute approximate surface area is 138 Å². The SMILES string of the molecule is COc1ccc(OC)c(C(=O)CN2C(=O)c3ccccc3C2=O)c1. The van der Waals surface area contributed by atoms with Gasteiger partial charge < -0.3 is 9.47 Å². The monoisotopic (exact) mass is 325 g/mol. The molecule has 0 saturated heterocycles. The zero-order valence-corrected chi connectivity index (χ0v) is 13.2. The molecule has 0 N–H and O–H groups in total. The summed E-state index contributed by atoms with van der Waals surface area (Å²) in [6.07, 6.45) is 0. The highest BCUT2D eigenvalue weighted by molar-refractivity contribution is 6.23. The van der Waals surface area contributed by atoms with Gasteiger partial charge in [0.05, 0.1) is 37.5 Å². The lowest BCUT2D eigenvalue weighted by Crippen LogP contribution is -2.35. The summed E-state index contributed by atoms with van der Waals surface area (Å²) in [5.41, 5.74) is 0.884. The largest absolute Gasteiger partial charge is 0.497 e. The number of carbonyl (C=O) groups excluding carboxylic acids is 3. The van der Waals surface area contributed by atoms with Crippen molar-refractivity contribution in [2.45, 2.75) is 0 Å². The molecule has 3 rings (SSSR count). The van der Waals surface area contributed by atoms with E-state index >= 15 is 0 Å². The molecule has 0 atom stereocenters. The third kappa shape index (κ3) is 2.52. The molecule has 122 valence electrons. The van der Waals surface area contributed by atoms with E-state index in [1.807, 2.05) is 0 Å². The molecule has 6 nitrogen and oxygen atoms in total. The maximum absolute atomic E-state index is 12.6. The summed E-state index contributed by atoms with van der Waals surface area (Å²) in [4.78, 5) is 38.3. The van der Waals surface area contributed by atoms with Crippen LogP contribution in [0.5, 0.6) is 11.5 Å². The summed E-state index contributed by atoms with van der Waals surface area (Å²) in [7, 11) is 2.93. The van der Waals surface area contributed by atoms with Crippen LogP contribution in [-0.2, 0) is 0 Å². The molecule has 0 aliphatic carbocycles. The molecular formula is C18H15NO5. The van der Waals surface area contributed by atoms with E-state index in [4.69, 9.17) is 9.47 Å². The standard InChI is InChI=1S/C18H15NO5/c1-23-11-7-8-16(24-2)14(9-11)15(20)10-19-17(21)12-5-3-4-6-13(12)18(19)22/h3-9H,10H2,1-2H3. The third-order valence-electron chi connectivity index (χ3n) is 3.89. The number of ketones is 1. The molecule has 0 unspecified atom stereocenters. The Kier molecular flexibility index (Phi) is 4.04. The van der Waals surface area contributed by atoms with E-state index in [0.717, 1.165) is 4.90 Å². The highest BCUT2D eigenvalue weighted by atomic mass is 16.5. The summed E-state index contributed by atoms with van der Waals surface area (Å²) >= 11 is 0. The zero-order chi connectivity index (χ0) is 17.3. The van der Waals surface area contributed by atoms with Crippen molar-refractivity contribution < 1.29 is 23.9 Å². The van der Waals surface area contributed by atoms with Gasteiger partial charge in [-0.15, -0.1) is 0 Å². The molecule has 0 radical (unpaired) electrons. The minimum absolute atomic E-state index is 0.258. The van der Waals surface area contributed by atoms with Crippen molar-refractivity contribution in [1.82, 2.24) is 4.90 Å². The van der Waals surface area contributed by atoms with Crippen molar-refractivity contribution in [3.63, 3.8) is 0 Å². The summed E-state index contributed by atoms with van der Waals surface area (Å²) in [6.45, 7) is -0.351. The summed E-state index contributed by atoms with van der Waals surface area (Å²) in [6, 6.07) is 11.3. The number of rotatable bonds is 5. The predicted molar refractivity (Wildman–Crippen MR) is 85.7 cm³/mol. The smallest absolute Gasteiger partial charge is 0.261 e. The average molecular weight is 325 g/mol. The van der Waals surface area contributed by atoms with Gasteiger partial charge in [0, 0.05) is 0 Å². The van der Waals surface area contributed by atoms with Gasteiger partial charge in [-0.1, -0.05) is 12.1 Å². The van der Waals surface area contributed by atoms with Crippen LogP contribution < -0.4 is 9.47 Å². The molecule has 1 aliphatic rings. The minimum atomic E-state index is -0.467. The van der Waals surface area contributed by atoms with E-state index in [1.54, 1.807) is 36.4 Å². The Morgan fingerprint density at radius 3 is 2.12 bits per heavy atom. The number of nitrogens with zero attached hydrogens (tertiary/aromatic N) is 1. The second-order valence-electron chi connectivity index (χ2n) is 5.23. The van der Waals surface area contributed by atoms with E-state index in [0.29, 0.717) is 22.6 Å². The maximum atomic E-state index is 12.6. The number of Topliss-reactive ketones (excluding diaryl/α,β-unsaturated/α-hetero) is 1. The zero-order valence-electron chi connectivity index (χ0n) is 13.2. The van der Waals surface area contributed by atoms with Gasteiger partial charge in [-0.2, -0.15) is 0 Å². The van der Waals surface area contributed by atoms with Crippen LogP contribution in [0.2, 0.25) is 0 Å². The fourth-order valence-corrected chi connectivity index (χ4v) is 2.64. The third-order valence-corrected chi connectivity index (χ3v) is 3.89. The van der Waals surface area contributed by atoms with Crippen LogP contribution in [0.25, 0.3) is 0 Å². The van der Waals surface area contributed by atoms with E-state index in [1.165, 1.54) is 20.3 Å². The van der Waals surface area contributed by atoms with E-state index in [9.17, 15) is 14.4 Å². The maximum Gasteiger partial charge on any atom is 0.261 e. The van der Waals surface area contributed by atoms with E-state index in [-0.39, 0.29) is 12.1 Å². The molecule has 2 aromatic carbocycles. The first-order valence-corrected chi connectivity index (χ1v) is 7.27. The van der Waals surface area contributed by atoms with Crippen LogP contribution in [0.4, 0.5) is 0 Å². The van der Waals surface area contributed by atoms with Gasteiger partial charge in [0.1, 0.15) is 11.5 Å². The number of amides is 2. The van der Waals surface area contributed by atoms with Gasteiger partial charge >= 0.3 is 0 Å². The number of imide groups is 1. The normalized spacial score (nSPS) is 13.0. The number of methoxy groups -OCH3 is 2. The van der Waals surface area contributed by atoms with Gasteiger partial charge in [-0.3, -0.25) is 19.3 Å². The molecule has 0 bridgehead atoms. The van der Waals surface area contributed by atoms with Crippen LogP contribution in [0, 0.1) is 0 Å². The number of ether oxygens (including phenoxy) is 2. The minimum Gasteiger partial charge on any atom is -0.497 e. The molecule has 0 spiro atoms. The molecule has 2 aromatic rings. The Hall–Kier alpha value is -3.15. The molecule has 1 aliphatic heterocycles. The molecule has 0 saturated carbocycles. The fourth-order valence-electron chi connectivity index (χ4n) is 2.64. The van der Waals surface area contributed by atoms with Crippen molar-refractivity contribution in [2.75, 3.05) is 20.8 Å². The van der Waals surface area contributed by atoms with Crippen molar-refractivity contribution in [3.05, 3.63) is 59.2 Å². The molecule has 0 fully saturated rings. The first kappa shape index (κ1) is 15.7. The molecule has 0 aromatic heterocycles. The summed E-state index contributed by atoms with van der Waals surface area (Å²) < 4.78 is 10.3. The number of hydrogen-bond acceptors (Lipinski definition) is 5. The first-order chi connectivity index (χ1) is 11.6. The molecule has 1 heterocycles. The van der Waals surface area contributed by atoms with Gasteiger partial charge in [0.25, 0.3) is 11.8 Å². The van der Waals surface area contributed by atoms with Crippen LogP contribution in [0.1, 0.15) is 31.1 Å². The van der Waals surface area contributed by atoms with Gasteiger partial charge in [0.15, 0.2) is 5.78 Å². The Morgan fingerprint density at radius 2 is 1.58 bits per heavy atom. The Morgan fingerprint density at radius 1 is 0.958 bits per heavy atom. The predicted octanol–water partition coefficient (Wildman–Crippen LogP) is 2.18. The quantitative estimate of drug-likeness (QED) is 0.622. The second-order valence-corrected chi connectivity index (χ2v) is 5.23. The Balaban J connectivity index is 1.89. The molecule has 24 heavy (non-hydrogen) atoms. The fraction of sp³-hybridized carbons (Fsp3) is 0.167. The van der Waals surface area contributed by atoms with E-state index in [2.05, 4.69) is 0 Å². The van der Waals surface area contributed by atoms with Crippen LogP contribution >= 0.6 is 0 Å². The highest BCUT2D eigenvalue weighted by Crippen LogP contribution is 2.27. The highest BCUT2D eigenvalue weighted by Gasteiger charge is 2.36. The lowest BCUT2D eigenvalue weighted by molar-refractivity contribution is 0.0623. The second kappa shape index (κ2) is 6.16. The van der Waals surface area contributed by atoms with Crippen molar-refractivity contribution in [2.24, 2.45) is 0 Å². The van der Waals surface area contributed by atoms with Crippen molar-refractivity contribution in [1.29, 1.82) is 0 Å². The number of hydrogen-bond donors (Lipinski definition) is 0. The first-order valence-electron chi connectivity index (χ1n) is 7.27. The van der Waals surface area contributed by atoms with Crippen LogP contribution in [0.3, 0.4) is 0 Å². The number of carbonyl (C=O) groups is 3. The number of benzene rings is 2. The molecule has 2 amide bonds. The van der Waals surface area contributed by atoms with Crippen LogP contribution in [0.15, 0.2) is 42.5 Å². The summed E-state index contributed by atoms with van der Waals surface area (Å²) in [5, 5.41) is 0. The average Bonchev–Trinajstić information content (AvgIpc) is 2.86. The van der Waals surface area contributed by atoms with Gasteiger partial charge in [0.2, 0.25) is 0 Å². The van der Waals surface area contributed by atoms with Gasteiger partial charge in [-0.25, -0.2) is 0 Å². The molecular weight excluding hydrogens is 310 g/mol. The topological polar surface area (TPSA) is 72.9 Å². The summed E-state index contributed by atoms with van der Waals surface area (Å²) in [5.74, 6) is -0.490. The lowest BCUT2D eigenvalue weighted by Gasteiger charge is -2.15. The van der Waals surface area contributed by atoms with Crippen molar-refractivity contribution in [3.8, 4) is 11.5 Å². The number of fused-ring (bicyclic) bond motifs is 1. The van der Waals surface area contributed by atoms with Crippen molar-refractivity contribution >= 4 is 17.6 Å². The van der Waals surface area contributed by atoms with Crippen LogP contribution in [-0.4, -0.2) is 43.3 Å².